The summed E-state index contributed by atoms with van der Waals surface area (Å²) in [5, 5.41) is 19.9. The van der Waals surface area contributed by atoms with Crippen molar-refractivity contribution in [1.29, 1.82) is 0 Å². The Balaban J connectivity index is 2.07. The molecule has 0 bridgehead atoms. The van der Waals surface area contributed by atoms with Crippen molar-refractivity contribution in [3.8, 4) is 0 Å². The van der Waals surface area contributed by atoms with Gasteiger partial charge < -0.3 is 15.0 Å². The summed E-state index contributed by atoms with van der Waals surface area (Å²) in [6.45, 7) is 2.52. The van der Waals surface area contributed by atoms with Crippen LogP contribution in [0.4, 0.5) is 0 Å². The lowest BCUT2D eigenvalue weighted by atomic mass is 10.2. The minimum Gasteiger partial charge on any atom is -0.480 e. The first-order valence-electron chi connectivity index (χ1n) is 5.19. The van der Waals surface area contributed by atoms with Crippen LogP contribution in [0.5, 0.6) is 0 Å². The van der Waals surface area contributed by atoms with E-state index < -0.39 is 12.0 Å². The molecule has 7 heteroatoms. The molecule has 1 aromatic rings. The average molecular weight is 225 g/mol. The van der Waals surface area contributed by atoms with E-state index in [9.17, 15) is 4.79 Å². The van der Waals surface area contributed by atoms with Gasteiger partial charge in [0.15, 0.2) is 0 Å². The number of hydrogen-bond acceptors (Lipinski definition) is 5. The molecule has 2 N–H and O–H groups in total. The largest absolute Gasteiger partial charge is 0.480 e. The second-order valence-corrected chi connectivity index (χ2v) is 3.89. The van der Waals surface area contributed by atoms with Crippen molar-refractivity contribution in [2.24, 2.45) is 7.05 Å². The number of rotatable bonds is 3. The summed E-state index contributed by atoms with van der Waals surface area (Å²) in [5.41, 5.74) is 0. The normalized spacial score (nSPS) is 22.2. The molecule has 2 rings (SSSR count). The Morgan fingerprint density at radius 1 is 1.75 bits per heavy atom. The number of aryl methyl sites for hydroxylation is 1. The summed E-state index contributed by atoms with van der Waals surface area (Å²) in [6, 6.07) is -0.481. The monoisotopic (exact) mass is 225 g/mol. The lowest BCUT2D eigenvalue weighted by Gasteiger charge is -2.32. The number of nitrogens with zero attached hydrogens (tertiary/aromatic N) is 4. The molecule has 1 aliphatic rings. The molecule has 0 radical (unpaired) electrons. The zero-order valence-electron chi connectivity index (χ0n) is 9.13. The Labute approximate surface area is 93.1 Å². The first kappa shape index (κ1) is 11.0. The molecule has 1 aromatic heterocycles. The molecule has 1 aliphatic heterocycles. The van der Waals surface area contributed by atoms with Crippen molar-refractivity contribution < 1.29 is 9.90 Å². The second-order valence-electron chi connectivity index (χ2n) is 3.89. The molecule has 1 atom stereocenters. The van der Waals surface area contributed by atoms with Crippen LogP contribution in [0.2, 0.25) is 0 Å². The van der Waals surface area contributed by atoms with Crippen molar-refractivity contribution >= 4 is 5.97 Å². The predicted molar refractivity (Wildman–Crippen MR) is 55.7 cm³/mol. The maximum absolute atomic E-state index is 11.1. The van der Waals surface area contributed by atoms with Gasteiger partial charge in [0, 0.05) is 26.7 Å². The van der Waals surface area contributed by atoms with Crippen LogP contribution < -0.4 is 5.32 Å². The summed E-state index contributed by atoms with van der Waals surface area (Å²) in [5.74, 6) is -0.0116. The van der Waals surface area contributed by atoms with E-state index in [1.165, 1.54) is 0 Å². The van der Waals surface area contributed by atoms with Crippen LogP contribution in [0.3, 0.4) is 0 Å². The van der Waals surface area contributed by atoms with E-state index in [0.717, 1.165) is 12.4 Å². The molecule has 16 heavy (non-hydrogen) atoms. The van der Waals surface area contributed by atoms with E-state index in [4.69, 9.17) is 5.11 Å². The van der Waals surface area contributed by atoms with Crippen molar-refractivity contribution in [2.75, 3.05) is 19.6 Å². The highest BCUT2D eigenvalue weighted by Gasteiger charge is 2.28. The first-order valence-corrected chi connectivity index (χ1v) is 5.19. The summed E-state index contributed by atoms with van der Waals surface area (Å²) in [6.07, 6.45) is 1.62. The van der Waals surface area contributed by atoms with E-state index in [1.807, 2.05) is 11.9 Å². The fourth-order valence-electron chi connectivity index (χ4n) is 1.81. The van der Waals surface area contributed by atoms with E-state index in [2.05, 4.69) is 15.5 Å². The van der Waals surface area contributed by atoms with E-state index >= 15 is 0 Å². The van der Waals surface area contributed by atoms with Gasteiger partial charge in [-0.2, -0.15) is 0 Å². The molecule has 0 spiro atoms. The zero-order valence-corrected chi connectivity index (χ0v) is 9.13. The van der Waals surface area contributed by atoms with Gasteiger partial charge in [0.2, 0.25) is 0 Å². The van der Waals surface area contributed by atoms with Crippen molar-refractivity contribution in [3.63, 3.8) is 0 Å². The van der Waals surface area contributed by atoms with Gasteiger partial charge in [-0.25, -0.2) is 0 Å². The number of piperazine rings is 1. The van der Waals surface area contributed by atoms with Gasteiger partial charge >= 0.3 is 5.97 Å². The SMILES string of the molecule is Cn1cnnc1CN1CCNCC1C(=O)O. The smallest absolute Gasteiger partial charge is 0.322 e. The summed E-state index contributed by atoms with van der Waals surface area (Å²) >= 11 is 0. The summed E-state index contributed by atoms with van der Waals surface area (Å²) in [7, 11) is 1.85. The quantitative estimate of drug-likeness (QED) is 0.663. The molecular weight excluding hydrogens is 210 g/mol. The Kier molecular flexibility index (Phi) is 3.16. The molecule has 0 aliphatic carbocycles. The molecule has 0 saturated carbocycles. The standard InChI is InChI=1S/C9H15N5O2/c1-13-6-11-12-8(13)5-14-3-2-10-4-7(14)9(15)16/h6-7,10H,2-5H2,1H3,(H,15,16). The van der Waals surface area contributed by atoms with Gasteiger partial charge in [-0.3, -0.25) is 9.69 Å². The van der Waals surface area contributed by atoms with E-state index in [-0.39, 0.29) is 0 Å². The highest BCUT2D eigenvalue weighted by Crippen LogP contribution is 2.08. The Morgan fingerprint density at radius 2 is 2.56 bits per heavy atom. The number of hydrogen-bond donors (Lipinski definition) is 2. The van der Waals surface area contributed by atoms with Crippen LogP contribution in [-0.4, -0.2) is 56.4 Å². The lowest BCUT2D eigenvalue weighted by molar-refractivity contribution is -0.144. The number of aromatic nitrogens is 3. The summed E-state index contributed by atoms with van der Waals surface area (Å²) < 4.78 is 1.81. The molecular formula is C9H15N5O2. The molecule has 2 heterocycles. The van der Waals surface area contributed by atoms with Crippen LogP contribution in [0.15, 0.2) is 6.33 Å². The Hall–Kier alpha value is -1.47. The van der Waals surface area contributed by atoms with Gasteiger partial charge in [-0.05, 0) is 0 Å². The van der Waals surface area contributed by atoms with Gasteiger partial charge in [-0.1, -0.05) is 0 Å². The molecule has 0 amide bonds. The zero-order chi connectivity index (χ0) is 11.5. The molecule has 0 aromatic carbocycles. The van der Waals surface area contributed by atoms with Gasteiger partial charge in [0.25, 0.3) is 0 Å². The van der Waals surface area contributed by atoms with Crippen LogP contribution in [-0.2, 0) is 18.4 Å². The number of carboxylic acids is 1. The van der Waals surface area contributed by atoms with Gasteiger partial charge in [0.05, 0.1) is 6.54 Å². The number of carbonyl (C=O) groups is 1. The Morgan fingerprint density at radius 3 is 3.19 bits per heavy atom. The highest BCUT2D eigenvalue weighted by molar-refractivity contribution is 5.73. The van der Waals surface area contributed by atoms with Crippen molar-refractivity contribution in [1.82, 2.24) is 25.0 Å². The van der Waals surface area contributed by atoms with Gasteiger partial charge in [0.1, 0.15) is 18.2 Å². The third-order valence-corrected chi connectivity index (χ3v) is 2.79. The van der Waals surface area contributed by atoms with E-state index in [1.54, 1.807) is 10.9 Å². The maximum atomic E-state index is 11.1. The molecule has 88 valence electrons. The topological polar surface area (TPSA) is 83.3 Å². The van der Waals surface area contributed by atoms with Crippen LogP contribution in [0.1, 0.15) is 5.82 Å². The third kappa shape index (κ3) is 2.20. The molecule has 7 nitrogen and oxygen atoms in total. The second kappa shape index (κ2) is 4.58. The highest BCUT2D eigenvalue weighted by atomic mass is 16.4. The van der Waals surface area contributed by atoms with E-state index in [0.29, 0.717) is 19.6 Å². The third-order valence-electron chi connectivity index (χ3n) is 2.79. The Bertz CT molecular complexity index is 378. The maximum Gasteiger partial charge on any atom is 0.322 e. The first-order chi connectivity index (χ1) is 7.68. The summed E-state index contributed by atoms with van der Waals surface area (Å²) in [4.78, 5) is 13.0. The number of aliphatic carboxylic acids is 1. The van der Waals surface area contributed by atoms with Crippen LogP contribution >= 0.6 is 0 Å². The van der Waals surface area contributed by atoms with Crippen LogP contribution in [0.25, 0.3) is 0 Å². The van der Waals surface area contributed by atoms with Gasteiger partial charge in [-0.15, -0.1) is 10.2 Å². The van der Waals surface area contributed by atoms with Crippen molar-refractivity contribution in [3.05, 3.63) is 12.2 Å². The molecule has 1 saturated heterocycles. The van der Waals surface area contributed by atoms with Crippen LogP contribution in [0, 0.1) is 0 Å². The lowest BCUT2D eigenvalue weighted by Crippen LogP contribution is -2.54. The minimum atomic E-state index is -0.797. The fourth-order valence-corrected chi connectivity index (χ4v) is 1.81. The number of nitrogens with one attached hydrogen (secondary N) is 1. The fraction of sp³-hybridized carbons (Fsp3) is 0.667. The molecule has 1 unspecified atom stereocenters. The molecule has 1 fully saturated rings. The average Bonchev–Trinajstić information content (AvgIpc) is 2.65. The minimum absolute atomic E-state index is 0.479. The predicted octanol–water partition coefficient (Wildman–Crippen LogP) is -1.33. The van der Waals surface area contributed by atoms with Crippen molar-refractivity contribution in [2.45, 2.75) is 12.6 Å². The number of carboxylic acid groups (broad SMARTS) is 1.